The smallest absolute Gasteiger partial charge is 0.349 e. The first-order valence-corrected chi connectivity index (χ1v) is 3.60. The zero-order valence-electron chi connectivity index (χ0n) is 6.81. The summed E-state index contributed by atoms with van der Waals surface area (Å²) in [6.07, 6.45) is 2.74. The van der Waals surface area contributed by atoms with E-state index in [9.17, 15) is 4.79 Å². The third kappa shape index (κ3) is 2.96. The van der Waals surface area contributed by atoms with Gasteiger partial charge in [-0.1, -0.05) is 12.1 Å². The van der Waals surface area contributed by atoms with E-state index in [0.717, 1.165) is 5.56 Å². The Morgan fingerprint density at radius 2 is 2.00 bits per heavy atom. The molecule has 0 radical (unpaired) electrons. The van der Waals surface area contributed by atoms with Gasteiger partial charge in [-0.05, 0) is 23.8 Å². The molecule has 13 heavy (non-hydrogen) atoms. The number of carbonyl (C=O) groups excluding carboxylic acids is 1. The molecule has 0 spiro atoms. The molecule has 0 atom stereocenters. The van der Waals surface area contributed by atoms with E-state index in [4.69, 9.17) is 5.11 Å². The van der Waals surface area contributed by atoms with Gasteiger partial charge in [0.15, 0.2) is 0 Å². The minimum absolute atomic E-state index is 0.179. The van der Waals surface area contributed by atoms with Crippen molar-refractivity contribution in [2.75, 3.05) is 0 Å². The number of hydrogen-bond acceptors (Lipinski definition) is 4. The lowest BCUT2D eigenvalue weighted by Gasteiger charge is -1.93. The highest BCUT2D eigenvalue weighted by Gasteiger charge is 1.92. The summed E-state index contributed by atoms with van der Waals surface area (Å²) in [4.78, 5) is 14.5. The second-order valence-electron chi connectivity index (χ2n) is 2.36. The summed E-state index contributed by atoms with van der Waals surface area (Å²) in [6.45, 7) is 0. The average Bonchev–Trinajstić information content (AvgIpc) is 2.16. The molecule has 0 unspecified atom stereocenters. The molecule has 4 nitrogen and oxygen atoms in total. The number of hydrogen-bond donors (Lipinski definition) is 2. The third-order valence-electron chi connectivity index (χ3n) is 1.42. The number of carbonyl (C=O) groups is 1. The van der Waals surface area contributed by atoms with Crippen LogP contribution < -0.4 is 5.90 Å². The minimum atomic E-state index is -0.618. The molecular weight excluding hydrogens is 170 g/mol. The fourth-order valence-electron chi connectivity index (χ4n) is 0.789. The molecule has 0 saturated carbocycles. The summed E-state index contributed by atoms with van der Waals surface area (Å²) in [5.41, 5.74) is 0.781. The monoisotopic (exact) mass is 179 g/mol. The van der Waals surface area contributed by atoms with Crippen LogP contribution in [-0.4, -0.2) is 11.1 Å². The Morgan fingerprint density at radius 1 is 1.38 bits per heavy atom. The number of aromatic hydroxyl groups is 1. The molecule has 3 N–H and O–H groups in total. The van der Waals surface area contributed by atoms with Crippen LogP contribution in [0.3, 0.4) is 0 Å². The molecule has 1 rings (SSSR count). The van der Waals surface area contributed by atoms with Crippen LogP contribution in [0.2, 0.25) is 0 Å². The predicted molar refractivity (Wildman–Crippen MR) is 47.4 cm³/mol. The Balaban J connectivity index is 2.69. The van der Waals surface area contributed by atoms with Crippen molar-refractivity contribution in [2.45, 2.75) is 0 Å². The average molecular weight is 179 g/mol. The van der Waals surface area contributed by atoms with Gasteiger partial charge in [0.05, 0.1) is 0 Å². The molecular formula is C9H9NO3. The molecule has 0 amide bonds. The van der Waals surface area contributed by atoms with Crippen molar-refractivity contribution in [3.05, 3.63) is 35.9 Å². The molecule has 1 aromatic rings. The van der Waals surface area contributed by atoms with Crippen LogP contribution in [-0.2, 0) is 9.63 Å². The maximum absolute atomic E-state index is 10.6. The van der Waals surface area contributed by atoms with E-state index in [1.807, 2.05) is 0 Å². The summed E-state index contributed by atoms with van der Waals surface area (Å²) in [7, 11) is 0. The molecule has 0 saturated heterocycles. The van der Waals surface area contributed by atoms with Gasteiger partial charge in [0, 0.05) is 6.08 Å². The van der Waals surface area contributed by atoms with Crippen LogP contribution in [0.25, 0.3) is 6.08 Å². The maximum atomic E-state index is 10.6. The fraction of sp³-hybridized carbons (Fsp3) is 0. The van der Waals surface area contributed by atoms with Crippen molar-refractivity contribution < 1.29 is 14.7 Å². The quantitative estimate of drug-likeness (QED) is 0.520. The standard InChI is InChI=1S/C9H9NO3/c10-13-9(12)6-3-7-1-4-8(11)5-2-7/h1-6,11H,10H2. The summed E-state index contributed by atoms with van der Waals surface area (Å²) in [5, 5.41) is 8.94. The minimum Gasteiger partial charge on any atom is -0.508 e. The van der Waals surface area contributed by atoms with Gasteiger partial charge < -0.3 is 9.94 Å². The lowest BCUT2D eigenvalue weighted by Crippen LogP contribution is -2.05. The molecule has 0 aliphatic heterocycles. The van der Waals surface area contributed by atoms with Gasteiger partial charge >= 0.3 is 5.97 Å². The van der Waals surface area contributed by atoms with Crippen molar-refractivity contribution in [3.63, 3.8) is 0 Å². The SMILES string of the molecule is NOC(=O)C=Cc1ccc(O)cc1. The Labute approximate surface area is 75.2 Å². The van der Waals surface area contributed by atoms with Gasteiger partial charge in [0.1, 0.15) is 5.75 Å². The first-order chi connectivity index (χ1) is 6.22. The van der Waals surface area contributed by atoms with Crippen LogP contribution in [0.5, 0.6) is 5.75 Å². The first kappa shape index (κ1) is 9.28. The highest BCUT2D eigenvalue weighted by Crippen LogP contribution is 2.10. The second kappa shape index (κ2) is 4.27. The number of rotatable bonds is 2. The van der Waals surface area contributed by atoms with E-state index < -0.39 is 5.97 Å². The van der Waals surface area contributed by atoms with Crippen molar-refractivity contribution in [3.8, 4) is 5.75 Å². The lowest BCUT2D eigenvalue weighted by molar-refractivity contribution is -0.138. The molecule has 68 valence electrons. The zero-order valence-corrected chi connectivity index (χ0v) is 6.81. The van der Waals surface area contributed by atoms with Gasteiger partial charge in [0.25, 0.3) is 0 Å². The number of phenolic OH excluding ortho intramolecular Hbond substituents is 1. The highest BCUT2D eigenvalue weighted by atomic mass is 16.7. The predicted octanol–water partition coefficient (Wildman–Crippen LogP) is 0.822. The van der Waals surface area contributed by atoms with Crippen molar-refractivity contribution in [1.82, 2.24) is 0 Å². The summed E-state index contributed by atoms with van der Waals surface area (Å²) < 4.78 is 0. The maximum Gasteiger partial charge on any atom is 0.349 e. The zero-order chi connectivity index (χ0) is 9.68. The first-order valence-electron chi connectivity index (χ1n) is 3.60. The van der Waals surface area contributed by atoms with Crippen molar-refractivity contribution in [2.24, 2.45) is 5.90 Å². The molecule has 0 aliphatic rings. The topological polar surface area (TPSA) is 72.5 Å². The Morgan fingerprint density at radius 3 is 2.54 bits per heavy atom. The van der Waals surface area contributed by atoms with Crippen LogP contribution in [0.4, 0.5) is 0 Å². The molecule has 0 bridgehead atoms. The Bertz CT molecular complexity index is 316. The molecule has 0 heterocycles. The van der Waals surface area contributed by atoms with E-state index >= 15 is 0 Å². The molecule has 0 fully saturated rings. The molecule has 1 aromatic carbocycles. The largest absolute Gasteiger partial charge is 0.508 e. The number of nitrogens with two attached hydrogens (primary N) is 1. The normalized spacial score (nSPS) is 10.2. The second-order valence-corrected chi connectivity index (χ2v) is 2.36. The van der Waals surface area contributed by atoms with Crippen LogP contribution in [0.1, 0.15) is 5.56 Å². The van der Waals surface area contributed by atoms with Crippen molar-refractivity contribution in [1.29, 1.82) is 0 Å². The lowest BCUT2D eigenvalue weighted by atomic mass is 10.2. The van der Waals surface area contributed by atoms with E-state index in [0.29, 0.717) is 0 Å². The Hall–Kier alpha value is -1.81. The summed E-state index contributed by atoms with van der Waals surface area (Å²) in [5.74, 6) is 4.18. The third-order valence-corrected chi connectivity index (χ3v) is 1.42. The van der Waals surface area contributed by atoms with Crippen molar-refractivity contribution >= 4 is 12.0 Å². The fourth-order valence-corrected chi connectivity index (χ4v) is 0.789. The molecule has 0 aromatic heterocycles. The highest BCUT2D eigenvalue weighted by molar-refractivity contribution is 5.86. The van der Waals surface area contributed by atoms with Gasteiger partial charge in [-0.2, -0.15) is 5.90 Å². The van der Waals surface area contributed by atoms with E-state index in [2.05, 4.69) is 10.7 Å². The van der Waals surface area contributed by atoms with E-state index in [1.54, 1.807) is 12.1 Å². The van der Waals surface area contributed by atoms with Gasteiger partial charge in [-0.3, -0.25) is 0 Å². The van der Waals surface area contributed by atoms with E-state index in [-0.39, 0.29) is 5.75 Å². The molecule has 0 aliphatic carbocycles. The van der Waals surface area contributed by atoms with Gasteiger partial charge in [-0.25, -0.2) is 4.79 Å². The van der Waals surface area contributed by atoms with Gasteiger partial charge in [-0.15, -0.1) is 0 Å². The van der Waals surface area contributed by atoms with Crippen LogP contribution >= 0.6 is 0 Å². The van der Waals surface area contributed by atoms with Crippen LogP contribution in [0.15, 0.2) is 30.3 Å². The summed E-state index contributed by atoms with van der Waals surface area (Å²) >= 11 is 0. The Kier molecular flexibility index (Phi) is 3.05. The number of phenols is 1. The van der Waals surface area contributed by atoms with E-state index in [1.165, 1.54) is 24.3 Å². The molecule has 4 heteroatoms. The van der Waals surface area contributed by atoms with Gasteiger partial charge in [0.2, 0.25) is 0 Å². The number of benzene rings is 1. The summed E-state index contributed by atoms with van der Waals surface area (Å²) in [6, 6.07) is 6.37. The van der Waals surface area contributed by atoms with Crippen LogP contribution in [0, 0.1) is 0 Å².